The van der Waals surface area contributed by atoms with Crippen LogP contribution in [-0.2, 0) is 20.1 Å². The first kappa shape index (κ1) is 17.7. The highest BCUT2D eigenvalue weighted by molar-refractivity contribution is 5.91. The largest absolute Gasteiger partial charge is 0.479 e. The Hall–Kier alpha value is -2.61. The molecule has 1 aromatic heterocycles. The molecule has 0 saturated carbocycles. The number of ether oxygens (including phenoxy) is 1. The summed E-state index contributed by atoms with van der Waals surface area (Å²) >= 11 is 0. The first-order valence-corrected chi connectivity index (χ1v) is 6.18. The summed E-state index contributed by atoms with van der Waals surface area (Å²) in [6, 6.07) is 0.571. The van der Waals surface area contributed by atoms with Gasteiger partial charge in [0.05, 0.1) is 6.61 Å². The van der Waals surface area contributed by atoms with Gasteiger partial charge in [0.15, 0.2) is 0 Å². The molecule has 132 valence electrons. The van der Waals surface area contributed by atoms with Gasteiger partial charge in [-0.05, 0) is 0 Å². The Kier molecular flexibility index (Phi) is 3.84. The highest BCUT2D eigenvalue weighted by Crippen LogP contribution is 2.50. The summed E-state index contributed by atoms with van der Waals surface area (Å²) in [7, 11) is 0. The molecule has 0 spiro atoms. The number of halogens is 1. The van der Waals surface area contributed by atoms with Crippen molar-refractivity contribution < 1.29 is 44.2 Å². The molecule has 12 nitrogen and oxygen atoms in total. The van der Waals surface area contributed by atoms with E-state index >= 15 is 0 Å². The number of alkyl halides is 1. The lowest BCUT2D eigenvalue weighted by molar-refractivity contribution is -0.254. The quantitative estimate of drug-likeness (QED) is 0.312. The topological polar surface area (TPSA) is 199 Å². The number of rotatable bonds is 4. The second kappa shape index (κ2) is 5.20. The molecule has 1 fully saturated rings. The molecule has 13 heteroatoms. The van der Waals surface area contributed by atoms with Crippen molar-refractivity contribution in [2.24, 2.45) is 0 Å². The van der Waals surface area contributed by atoms with Crippen molar-refractivity contribution in [1.82, 2.24) is 9.55 Å². The van der Waals surface area contributed by atoms with Crippen LogP contribution < -0.4 is 11.2 Å². The van der Waals surface area contributed by atoms with E-state index in [1.54, 1.807) is 4.98 Å². The smallest absolute Gasteiger partial charge is 0.362 e. The van der Waals surface area contributed by atoms with E-state index in [0.717, 1.165) is 0 Å². The first-order chi connectivity index (χ1) is 11.0. The number of aliphatic hydroxyl groups excluding tert-OH is 1. The van der Waals surface area contributed by atoms with Gasteiger partial charge in [-0.25, -0.2) is 18.8 Å². The molecule has 0 bridgehead atoms. The SMILES string of the molecule is O=C(O)[C@@]1(O)[C@@](O)(F)[C@@H](CO)O[C@@]1(C(=O)O)n1ccc(=O)[nH]c1=O. The number of hydrogen-bond acceptors (Lipinski definition) is 8. The first-order valence-electron chi connectivity index (χ1n) is 6.18. The maximum absolute atomic E-state index is 14.5. The van der Waals surface area contributed by atoms with Crippen molar-refractivity contribution in [1.29, 1.82) is 0 Å². The zero-order valence-corrected chi connectivity index (χ0v) is 11.5. The van der Waals surface area contributed by atoms with E-state index < -0.39 is 53.1 Å². The number of aliphatic carboxylic acids is 2. The van der Waals surface area contributed by atoms with Crippen molar-refractivity contribution in [3.63, 3.8) is 0 Å². The van der Waals surface area contributed by atoms with E-state index in [1.165, 1.54) is 0 Å². The third-order valence-corrected chi connectivity index (χ3v) is 3.67. The van der Waals surface area contributed by atoms with Gasteiger partial charge >= 0.3 is 17.6 Å². The van der Waals surface area contributed by atoms with Gasteiger partial charge in [-0.15, -0.1) is 0 Å². The van der Waals surface area contributed by atoms with Gasteiger partial charge < -0.3 is 30.3 Å². The second-order valence-electron chi connectivity index (χ2n) is 4.91. The van der Waals surface area contributed by atoms with Crippen LogP contribution in [0.4, 0.5) is 4.39 Å². The Morgan fingerprint density at radius 2 is 1.88 bits per heavy atom. The molecule has 2 rings (SSSR count). The second-order valence-corrected chi connectivity index (χ2v) is 4.91. The van der Waals surface area contributed by atoms with Gasteiger partial charge in [0, 0.05) is 12.3 Å². The van der Waals surface area contributed by atoms with Crippen LogP contribution in [0.5, 0.6) is 0 Å². The van der Waals surface area contributed by atoms with Crippen LogP contribution in [0.1, 0.15) is 0 Å². The summed E-state index contributed by atoms with van der Waals surface area (Å²) in [5, 5.41) is 47.5. The number of aliphatic hydroxyl groups is 3. The number of aromatic nitrogens is 2. The van der Waals surface area contributed by atoms with Crippen molar-refractivity contribution in [3.8, 4) is 0 Å². The fourth-order valence-corrected chi connectivity index (χ4v) is 2.50. The molecule has 6 N–H and O–H groups in total. The summed E-state index contributed by atoms with van der Waals surface area (Å²) in [6.45, 7) is -1.43. The molecular weight excluding hydrogens is 339 g/mol. The molecule has 0 radical (unpaired) electrons. The molecule has 1 aliphatic rings. The minimum absolute atomic E-state index is 0.120. The van der Waals surface area contributed by atoms with Crippen LogP contribution in [0, 0.1) is 0 Å². The third-order valence-electron chi connectivity index (χ3n) is 3.67. The molecule has 0 aliphatic carbocycles. The fraction of sp³-hybridized carbons (Fsp3) is 0.455. The van der Waals surface area contributed by atoms with Crippen molar-refractivity contribution in [2.75, 3.05) is 6.61 Å². The molecule has 0 unspecified atom stereocenters. The number of H-pyrrole nitrogens is 1. The summed E-state index contributed by atoms with van der Waals surface area (Å²) < 4.78 is 19.0. The maximum atomic E-state index is 14.5. The van der Waals surface area contributed by atoms with Crippen LogP contribution in [0.3, 0.4) is 0 Å². The molecular formula is C11H11FN2O10. The zero-order chi connectivity index (χ0) is 18.5. The van der Waals surface area contributed by atoms with E-state index in [1.807, 2.05) is 0 Å². The van der Waals surface area contributed by atoms with Crippen molar-refractivity contribution in [3.05, 3.63) is 33.1 Å². The summed E-state index contributed by atoms with van der Waals surface area (Å²) in [5.41, 5.74) is -10.6. The third kappa shape index (κ3) is 1.86. The van der Waals surface area contributed by atoms with Crippen LogP contribution in [0.15, 0.2) is 21.9 Å². The van der Waals surface area contributed by atoms with E-state index in [0.29, 0.717) is 12.3 Å². The van der Waals surface area contributed by atoms with Gasteiger partial charge in [0.25, 0.3) is 22.7 Å². The molecule has 4 atom stereocenters. The number of nitrogens with zero attached hydrogens (tertiary/aromatic N) is 1. The molecule has 1 saturated heterocycles. The summed E-state index contributed by atoms with van der Waals surface area (Å²) in [4.78, 5) is 47.6. The molecule has 24 heavy (non-hydrogen) atoms. The molecule has 0 amide bonds. The lowest BCUT2D eigenvalue weighted by atomic mass is 9.83. The zero-order valence-electron chi connectivity index (χ0n) is 11.5. The Morgan fingerprint density at radius 3 is 2.29 bits per heavy atom. The van der Waals surface area contributed by atoms with Gasteiger partial charge in [-0.2, -0.15) is 0 Å². The number of carboxylic acid groups (broad SMARTS) is 2. The Morgan fingerprint density at radius 1 is 1.29 bits per heavy atom. The minimum atomic E-state index is -4.30. The number of aromatic amines is 1. The van der Waals surface area contributed by atoms with E-state index in [4.69, 9.17) is 10.2 Å². The Bertz CT molecular complexity index is 816. The monoisotopic (exact) mass is 350 g/mol. The highest BCUT2D eigenvalue weighted by Gasteiger charge is 2.83. The molecule has 1 aromatic rings. The molecule has 0 aromatic carbocycles. The summed E-state index contributed by atoms with van der Waals surface area (Å²) in [5.74, 6) is -9.28. The highest BCUT2D eigenvalue weighted by atomic mass is 19.2. The van der Waals surface area contributed by atoms with Crippen LogP contribution in [-0.4, -0.2) is 71.2 Å². The fourth-order valence-electron chi connectivity index (χ4n) is 2.50. The van der Waals surface area contributed by atoms with Crippen LogP contribution >= 0.6 is 0 Å². The predicted octanol–water partition coefficient (Wildman–Crippen LogP) is -3.86. The average Bonchev–Trinajstić information content (AvgIpc) is 2.66. The molecule has 2 heterocycles. The van der Waals surface area contributed by atoms with Gasteiger partial charge in [0.2, 0.25) is 0 Å². The lowest BCUT2D eigenvalue weighted by Crippen LogP contribution is -2.71. The number of carbonyl (C=O) groups is 2. The molecule has 1 aliphatic heterocycles. The maximum Gasteiger partial charge on any atom is 0.362 e. The van der Waals surface area contributed by atoms with Crippen LogP contribution in [0.2, 0.25) is 0 Å². The normalized spacial score (nSPS) is 35.8. The number of hydrogen-bond donors (Lipinski definition) is 6. The summed E-state index contributed by atoms with van der Waals surface area (Å²) in [6.07, 6.45) is -2.10. The number of nitrogens with one attached hydrogen (secondary N) is 1. The van der Waals surface area contributed by atoms with Gasteiger partial charge in [-0.3, -0.25) is 14.3 Å². The number of carboxylic acids is 2. The van der Waals surface area contributed by atoms with Crippen molar-refractivity contribution in [2.45, 2.75) is 23.3 Å². The average molecular weight is 350 g/mol. The minimum Gasteiger partial charge on any atom is -0.479 e. The van der Waals surface area contributed by atoms with E-state index in [9.17, 15) is 38.9 Å². The van der Waals surface area contributed by atoms with Crippen molar-refractivity contribution >= 4 is 11.9 Å². The van der Waals surface area contributed by atoms with Gasteiger partial charge in [-0.1, -0.05) is 0 Å². The van der Waals surface area contributed by atoms with Crippen LogP contribution in [0.25, 0.3) is 0 Å². The predicted molar refractivity (Wildman–Crippen MR) is 67.5 cm³/mol. The van der Waals surface area contributed by atoms with E-state index in [2.05, 4.69) is 4.74 Å². The van der Waals surface area contributed by atoms with Gasteiger partial charge in [0.1, 0.15) is 6.10 Å². The van der Waals surface area contributed by atoms with E-state index in [-0.39, 0.29) is 4.57 Å². The Labute approximate surface area is 130 Å². The Balaban J connectivity index is 2.95. The lowest BCUT2D eigenvalue weighted by Gasteiger charge is -2.36. The standard InChI is InChI=1S/C11H11FN2O10/c12-10(23)4(3-15)24-11(7(19)20,9(10,22)6(17)18)14-2-1-5(16)13-8(14)21/h1-2,4,15,22-23H,3H2,(H,17,18)(H,19,20)(H,13,16,21)/t4-,9-,10-,11-/m1/s1.